The molecule has 0 unspecified atom stereocenters. The SMILES string of the molecule is Cc1cccc(Cl)c1NC(=O)c1csc(Nc2ccc3ncn(C)c3c2)n1. The van der Waals surface area contributed by atoms with Gasteiger partial charge < -0.3 is 15.2 Å². The number of rotatable bonds is 4. The van der Waals surface area contributed by atoms with Crippen LogP contribution in [0.1, 0.15) is 16.1 Å². The summed E-state index contributed by atoms with van der Waals surface area (Å²) >= 11 is 7.54. The topological polar surface area (TPSA) is 71.8 Å². The standard InChI is InChI=1S/C19H16ClN5OS/c1-11-4-3-5-13(20)17(11)24-18(26)15-9-27-19(23-15)22-12-6-7-14-16(8-12)25(2)10-21-14/h3-10H,1-2H3,(H,22,23)(H,24,26). The number of aryl methyl sites for hydroxylation is 2. The summed E-state index contributed by atoms with van der Waals surface area (Å²) in [4.78, 5) is 21.2. The first-order valence-electron chi connectivity index (χ1n) is 8.21. The maximum atomic E-state index is 12.5. The Balaban J connectivity index is 1.52. The molecule has 0 bridgehead atoms. The second-order valence-electron chi connectivity index (χ2n) is 6.11. The summed E-state index contributed by atoms with van der Waals surface area (Å²) in [5.41, 5.74) is 4.67. The number of para-hydroxylation sites is 1. The third-order valence-corrected chi connectivity index (χ3v) is 5.25. The lowest BCUT2D eigenvalue weighted by Crippen LogP contribution is -2.13. The van der Waals surface area contributed by atoms with Gasteiger partial charge in [-0.05, 0) is 36.8 Å². The van der Waals surface area contributed by atoms with E-state index in [0.29, 0.717) is 21.5 Å². The van der Waals surface area contributed by atoms with E-state index in [1.54, 1.807) is 17.8 Å². The lowest BCUT2D eigenvalue weighted by Gasteiger charge is -2.08. The van der Waals surface area contributed by atoms with E-state index < -0.39 is 0 Å². The number of hydrogen-bond acceptors (Lipinski definition) is 5. The molecule has 8 heteroatoms. The van der Waals surface area contributed by atoms with E-state index in [1.165, 1.54) is 11.3 Å². The number of nitrogens with one attached hydrogen (secondary N) is 2. The molecule has 0 atom stereocenters. The fourth-order valence-corrected chi connectivity index (χ4v) is 3.71. The van der Waals surface area contributed by atoms with E-state index in [9.17, 15) is 4.79 Å². The van der Waals surface area contributed by atoms with Gasteiger partial charge in [0.05, 0.1) is 28.1 Å². The van der Waals surface area contributed by atoms with Gasteiger partial charge >= 0.3 is 0 Å². The van der Waals surface area contributed by atoms with Gasteiger partial charge in [0.15, 0.2) is 5.13 Å². The number of hydrogen-bond donors (Lipinski definition) is 2. The number of aromatic nitrogens is 3. The van der Waals surface area contributed by atoms with E-state index in [0.717, 1.165) is 22.3 Å². The molecule has 0 radical (unpaired) electrons. The molecule has 0 saturated carbocycles. The third-order valence-electron chi connectivity index (χ3n) is 4.17. The fourth-order valence-electron chi connectivity index (χ4n) is 2.73. The number of nitrogens with zero attached hydrogens (tertiary/aromatic N) is 3. The molecule has 0 fully saturated rings. The summed E-state index contributed by atoms with van der Waals surface area (Å²) in [7, 11) is 1.95. The van der Waals surface area contributed by atoms with E-state index in [-0.39, 0.29) is 5.91 Å². The summed E-state index contributed by atoms with van der Waals surface area (Å²) in [6.07, 6.45) is 1.77. The van der Waals surface area contributed by atoms with Crippen LogP contribution in [0.4, 0.5) is 16.5 Å². The zero-order chi connectivity index (χ0) is 19.0. The number of imidazole rings is 1. The zero-order valence-corrected chi connectivity index (χ0v) is 16.2. The van der Waals surface area contributed by atoms with E-state index >= 15 is 0 Å². The van der Waals surface area contributed by atoms with Gasteiger partial charge in [0.1, 0.15) is 5.69 Å². The van der Waals surface area contributed by atoms with Crippen molar-refractivity contribution in [1.82, 2.24) is 14.5 Å². The van der Waals surface area contributed by atoms with Gasteiger partial charge in [-0.25, -0.2) is 9.97 Å². The van der Waals surface area contributed by atoms with Crippen LogP contribution >= 0.6 is 22.9 Å². The van der Waals surface area contributed by atoms with E-state index in [2.05, 4.69) is 20.6 Å². The van der Waals surface area contributed by atoms with Crippen LogP contribution in [-0.2, 0) is 7.05 Å². The summed E-state index contributed by atoms with van der Waals surface area (Å²) in [5, 5.41) is 8.92. The molecule has 1 amide bonds. The second-order valence-corrected chi connectivity index (χ2v) is 7.37. The van der Waals surface area contributed by atoms with Crippen LogP contribution in [0.2, 0.25) is 5.02 Å². The zero-order valence-electron chi connectivity index (χ0n) is 14.7. The number of carbonyl (C=O) groups is 1. The number of anilines is 3. The first-order valence-corrected chi connectivity index (χ1v) is 9.47. The molecule has 2 N–H and O–H groups in total. The minimum Gasteiger partial charge on any atom is -0.334 e. The normalized spacial score (nSPS) is 10.9. The van der Waals surface area contributed by atoms with Crippen LogP contribution in [0, 0.1) is 6.92 Å². The molecule has 6 nitrogen and oxygen atoms in total. The van der Waals surface area contributed by atoms with Gasteiger partial charge in [0.2, 0.25) is 0 Å². The van der Waals surface area contributed by atoms with Crippen molar-refractivity contribution < 1.29 is 4.79 Å². The number of benzene rings is 2. The van der Waals surface area contributed by atoms with Crippen molar-refractivity contribution in [3.8, 4) is 0 Å². The molecule has 2 aromatic heterocycles. The molecule has 0 saturated heterocycles. The van der Waals surface area contributed by atoms with Crippen LogP contribution < -0.4 is 10.6 Å². The molecular formula is C19H16ClN5OS. The summed E-state index contributed by atoms with van der Waals surface area (Å²) in [6, 6.07) is 11.4. The molecule has 4 rings (SSSR count). The molecule has 0 aliphatic heterocycles. The Morgan fingerprint density at radius 2 is 2.11 bits per heavy atom. The van der Waals surface area contributed by atoms with Gasteiger partial charge in [-0.2, -0.15) is 0 Å². The Labute approximate surface area is 164 Å². The number of amides is 1. The molecule has 0 spiro atoms. The summed E-state index contributed by atoms with van der Waals surface area (Å²) in [6.45, 7) is 1.89. The van der Waals surface area contributed by atoms with E-state index in [4.69, 9.17) is 11.6 Å². The average Bonchev–Trinajstić information content (AvgIpc) is 3.26. The number of carbonyl (C=O) groups excluding carboxylic acids is 1. The number of thiazole rings is 1. The monoisotopic (exact) mass is 397 g/mol. The van der Waals surface area contributed by atoms with Gasteiger partial charge in [-0.1, -0.05) is 23.7 Å². The Morgan fingerprint density at radius 1 is 1.26 bits per heavy atom. The number of halogens is 1. The lowest BCUT2D eigenvalue weighted by molar-refractivity contribution is 0.102. The van der Waals surface area contributed by atoms with Gasteiger partial charge in [0, 0.05) is 18.1 Å². The maximum Gasteiger partial charge on any atom is 0.275 e. The second kappa shape index (κ2) is 7.02. The minimum absolute atomic E-state index is 0.294. The highest BCUT2D eigenvalue weighted by molar-refractivity contribution is 7.14. The molecule has 136 valence electrons. The Kier molecular flexibility index (Phi) is 4.55. The van der Waals surface area contributed by atoms with Gasteiger partial charge in [-0.15, -0.1) is 11.3 Å². The fraction of sp³-hybridized carbons (Fsp3) is 0.105. The van der Waals surface area contributed by atoms with Crippen LogP contribution in [0.3, 0.4) is 0 Å². The van der Waals surface area contributed by atoms with Crippen LogP contribution in [0.5, 0.6) is 0 Å². The minimum atomic E-state index is -0.294. The van der Waals surface area contributed by atoms with Crippen LogP contribution in [0.25, 0.3) is 11.0 Å². The smallest absolute Gasteiger partial charge is 0.275 e. The van der Waals surface area contributed by atoms with E-state index in [1.807, 2.05) is 48.9 Å². The highest BCUT2D eigenvalue weighted by Crippen LogP contribution is 2.27. The van der Waals surface area contributed by atoms with Crippen molar-refractivity contribution in [2.45, 2.75) is 6.92 Å². The van der Waals surface area contributed by atoms with Crippen molar-refractivity contribution in [1.29, 1.82) is 0 Å². The molecule has 0 aliphatic carbocycles. The lowest BCUT2D eigenvalue weighted by atomic mass is 10.2. The van der Waals surface area contributed by atoms with Gasteiger partial charge in [0.25, 0.3) is 5.91 Å². The van der Waals surface area contributed by atoms with Crippen LogP contribution in [0.15, 0.2) is 48.1 Å². The molecular weight excluding hydrogens is 382 g/mol. The van der Waals surface area contributed by atoms with Crippen molar-refractivity contribution >= 4 is 56.4 Å². The Bertz CT molecular complexity index is 1130. The predicted octanol–water partition coefficient (Wildman–Crippen LogP) is 4.99. The first kappa shape index (κ1) is 17.5. The predicted molar refractivity (Wildman–Crippen MR) is 110 cm³/mol. The number of fused-ring (bicyclic) bond motifs is 1. The molecule has 2 aromatic carbocycles. The largest absolute Gasteiger partial charge is 0.334 e. The first-order chi connectivity index (χ1) is 13.0. The van der Waals surface area contributed by atoms with Gasteiger partial charge in [-0.3, -0.25) is 4.79 Å². The van der Waals surface area contributed by atoms with Crippen molar-refractivity contribution in [3.63, 3.8) is 0 Å². The summed E-state index contributed by atoms with van der Waals surface area (Å²) in [5.74, 6) is -0.294. The molecule has 0 aliphatic rings. The van der Waals surface area contributed by atoms with Crippen molar-refractivity contribution in [3.05, 3.63) is 64.4 Å². The van der Waals surface area contributed by atoms with Crippen LogP contribution in [-0.4, -0.2) is 20.4 Å². The highest BCUT2D eigenvalue weighted by atomic mass is 35.5. The van der Waals surface area contributed by atoms with Crippen molar-refractivity contribution in [2.75, 3.05) is 10.6 Å². The molecule has 2 heterocycles. The summed E-state index contributed by atoms with van der Waals surface area (Å²) < 4.78 is 1.95. The molecule has 4 aromatic rings. The average molecular weight is 398 g/mol. The molecule has 27 heavy (non-hydrogen) atoms. The Hall–Kier alpha value is -2.90. The van der Waals surface area contributed by atoms with Crippen molar-refractivity contribution in [2.24, 2.45) is 7.05 Å². The Morgan fingerprint density at radius 3 is 2.93 bits per heavy atom. The highest BCUT2D eigenvalue weighted by Gasteiger charge is 2.14. The third kappa shape index (κ3) is 3.51. The maximum absolute atomic E-state index is 12.5. The quantitative estimate of drug-likeness (QED) is 0.509.